The van der Waals surface area contributed by atoms with Crippen LogP contribution < -0.4 is 0 Å². The minimum absolute atomic E-state index is 0.00871. The van der Waals surface area contributed by atoms with Crippen molar-refractivity contribution in [3.05, 3.63) is 11.1 Å². The van der Waals surface area contributed by atoms with E-state index in [0.717, 1.165) is 0 Å². The van der Waals surface area contributed by atoms with Crippen molar-refractivity contribution >= 4 is 23.3 Å². The first-order chi connectivity index (χ1) is 16.9. The Kier molecular flexibility index (Phi) is 6.72. The first kappa shape index (κ1) is 28.2. The van der Waals surface area contributed by atoms with E-state index in [9.17, 15) is 34.5 Å². The lowest BCUT2D eigenvalue weighted by molar-refractivity contribution is -0.144. The van der Waals surface area contributed by atoms with E-state index < -0.39 is 45.8 Å². The Labute approximate surface area is 220 Å². The van der Waals surface area contributed by atoms with Gasteiger partial charge in [0.15, 0.2) is 5.78 Å². The van der Waals surface area contributed by atoms with Crippen LogP contribution in [0.15, 0.2) is 11.1 Å². The average Bonchev–Trinajstić information content (AvgIpc) is 2.99. The van der Waals surface area contributed by atoms with Gasteiger partial charge < -0.3 is 15.3 Å². The van der Waals surface area contributed by atoms with Gasteiger partial charge in [-0.1, -0.05) is 41.5 Å². The van der Waals surface area contributed by atoms with Crippen molar-refractivity contribution in [2.45, 2.75) is 106 Å². The minimum Gasteiger partial charge on any atom is -0.481 e. The van der Waals surface area contributed by atoms with E-state index in [1.54, 1.807) is 0 Å². The second-order valence-corrected chi connectivity index (χ2v) is 13.9. The molecule has 1 unspecified atom stereocenters. The molecule has 7 nitrogen and oxygen atoms in total. The maximum atomic E-state index is 14.1. The minimum atomic E-state index is -1.01. The Morgan fingerprint density at radius 1 is 1.03 bits per heavy atom. The number of aliphatic hydroxyl groups excluding tert-OH is 2. The molecule has 0 aromatic heterocycles. The van der Waals surface area contributed by atoms with Crippen LogP contribution in [0.4, 0.5) is 0 Å². The molecule has 4 rings (SSSR count). The molecular formula is C30H44O7. The number of allylic oxidation sites excluding steroid dienone is 1. The maximum absolute atomic E-state index is 14.1. The number of aliphatic carboxylic acids is 1. The summed E-state index contributed by atoms with van der Waals surface area (Å²) in [6, 6.07) is 0. The molecule has 0 bridgehead atoms. The van der Waals surface area contributed by atoms with Gasteiger partial charge in [0.05, 0.1) is 23.5 Å². The molecule has 3 N–H and O–H groups in total. The van der Waals surface area contributed by atoms with E-state index in [4.69, 9.17) is 0 Å². The van der Waals surface area contributed by atoms with Crippen molar-refractivity contribution in [2.24, 2.45) is 45.3 Å². The van der Waals surface area contributed by atoms with Gasteiger partial charge in [-0.15, -0.1) is 0 Å². The summed E-state index contributed by atoms with van der Waals surface area (Å²) in [6.07, 6.45) is 0.671. The molecule has 0 spiro atoms. The normalized spacial score (nSPS) is 42.5. The van der Waals surface area contributed by atoms with Crippen LogP contribution in [0.5, 0.6) is 0 Å². The summed E-state index contributed by atoms with van der Waals surface area (Å²) in [5, 5.41) is 31.6. The van der Waals surface area contributed by atoms with Gasteiger partial charge in [0.1, 0.15) is 11.6 Å². The molecule has 0 aromatic rings. The van der Waals surface area contributed by atoms with Crippen molar-refractivity contribution in [2.75, 3.05) is 0 Å². The molecule has 4 aliphatic rings. The van der Waals surface area contributed by atoms with Crippen LogP contribution in [0.3, 0.4) is 0 Å². The second kappa shape index (κ2) is 8.84. The molecule has 2 saturated carbocycles. The lowest BCUT2D eigenvalue weighted by Gasteiger charge is -2.61. The van der Waals surface area contributed by atoms with Gasteiger partial charge in [0.2, 0.25) is 0 Å². The van der Waals surface area contributed by atoms with E-state index in [2.05, 4.69) is 6.92 Å². The summed E-state index contributed by atoms with van der Waals surface area (Å²) in [4.78, 5) is 51.9. The fraction of sp³-hybridized carbons (Fsp3) is 0.800. The highest BCUT2D eigenvalue weighted by molar-refractivity contribution is 6.05. The lowest BCUT2D eigenvalue weighted by atomic mass is 9.42. The summed E-state index contributed by atoms with van der Waals surface area (Å²) in [5.41, 5.74) is -1.55. The van der Waals surface area contributed by atoms with Crippen LogP contribution in [0, 0.1) is 45.3 Å². The zero-order chi connectivity index (χ0) is 27.9. The number of ketones is 3. The number of rotatable bonds is 6. The molecule has 0 aliphatic heterocycles. The highest BCUT2D eigenvalue weighted by Crippen LogP contribution is 2.70. The number of aliphatic hydroxyl groups is 2. The van der Waals surface area contributed by atoms with Crippen LogP contribution in [0.1, 0.15) is 93.4 Å². The SMILES string of the molecule is C[C@H](CC(=O)C[C@@H](C)C1CC(=O)[C@@]2(C)C3=C(C(=O)C[C@]12C)[C@@]1(C)CC[C@H](O)C(C)(C)[C@@H]1C[C@@H]3O)C(=O)O. The highest BCUT2D eigenvalue weighted by atomic mass is 16.4. The quantitative estimate of drug-likeness (QED) is 0.484. The third-order valence-electron chi connectivity index (χ3n) is 11.6. The van der Waals surface area contributed by atoms with Gasteiger partial charge in [0.25, 0.3) is 0 Å². The van der Waals surface area contributed by atoms with E-state index in [-0.39, 0.29) is 60.8 Å². The molecule has 2 fully saturated rings. The molecule has 7 heteroatoms. The Balaban J connectivity index is 1.74. The smallest absolute Gasteiger partial charge is 0.306 e. The number of fused-ring (bicyclic) bond motifs is 4. The van der Waals surface area contributed by atoms with Gasteiger partial charge in [-0.2, -0.15) is 0 Å². The molecule has 4 aliphatic carbocycles. The van der Waals surface area contributed by atoms with E-state index in [1.807, 2.05) is 34.6 Å². The number of hydrogen-bond donors (Lipinski definition) is 3. The molecule has 37 heavy (non-hydrogen) atoms. The van der Waals surface area contributed by atoms with Crippen molar-refractivity contribution in [1.82, 2.24) is 0 Å². The number of hydrogen-bond acceptors (Lipinski definition) is 6. The number of carboxylic acids is 1. The maximum Gasteiger partial charge on any atom is 0.306 e. The number of carbonyl (C=O) groups excluding carboxylic acids is 3. The van der Waals surface area contributed by atoms with Crippen LogP contribution in [-0.2, 0) is 19.2 Å². The predicted molar refractivity (Wildman–Crippen MR) is 137 cm³/mol. The van der Waals surface area contributed by atoms with E-state index in [0.29, 0.717) is 30.4 Å². The molecule has 0 amide bonds. The highest BCUT2D eigenvalue weighted by Gasteiger charge is 2.70. The molecule has 206 valence electrons. The van der Waals surface area contributed by atoms with Gasteiger partial charge in [-0.25, -0.2) is 0 Å². The van der Waals surface area contributed by atoms with E-state index >= 15 is 0 Å². The average molecular weight is 517 g/mol. The number of carbonyl (C=O) groups is 4. The molecule has 0 aromatic carbocycles. The molecule has 9 atom stereocenters. The fourth-order valence-electron chi connectivity index (χ4n) is 9.12. The first-order valence-corrected chi connectivity index (χ1v) is 13.8. The molecule has 0 heterocycles. The lowest BCUT2D eigenvalue weighted by Crippen LogP contribution is -2.60. The summed E-state index contributed by atoms with van der Waals surface area (Å²) >= 11 is 0. The number of carboxylic acid groups (broad SMARTS) is 1. The second-order valence-electron chi connectivity index (χ2n) is 13.9. The van der Waals surface area contributed by atoms with Gasteiger partial charge in [0, 0.05) is 31.3 Å². The van der Waals surface area contributed by atoms with Crippen LogP contribution >= 0.6 is 0 Å². The van der Waals surface area contributed by atoms with Gasteiger partial charge in [-0.05, 0) is 65.8 Å². The Hall–Kier alpha value is -1.86. The van der Waals surface area contributed by atoms with Crippen molar-refractivity contribution in [3.63, 3.8) is 0 Å². The molecule has 0 radical (unpaired) electrons. The third-order valence-corrected chi connectivity index (χ3v) is 11.6. The van der Waals surface area contributed by atoms with E-state index in [1.165, 1.54) is 6.92 Å². The monoisotopic (exact) mass is 516 g/mol. The largest absolute Gasteiger partial charge is 0.481 e. The Bertz CT molecular complexity index is 1070. The van der Waals surface area contributed by atoms with Gasteiger partial charge in [-0.3, -0.25) is 19.2 Å². The van der Waals surface area contributed by atoms with Crippen molar-refractivity contribution < 1.29 is 34.5 Å². The fourth-order valence-corrected chi connectivity index (χ4v) is 9.12. The molecular weight excluding hydrogens is 472 g/mol. The first-order valence-electron chi connectivity index (χ1n) is 13.8. The Morgan fingerprint density at radius 2 is 1.65 bits per heavy atom. The van der Waals surface area contributed by atoms with Crippen LogP contribution in [0.25, 0.3) is 0 Å². The predicted octanol–water partition coefficient (Wildman–Crippen LogP) is 4.13. The summed E-state index contributed by atoms with van der Waals surface area (Å²) in [7, 11) is 0. The summed E-state index contributed by atoms with van der Waals surface area (Å²) in [6.45, 7) is 13.4. The zero-order valence-electron chi connectivity index (χ0n) is 23.4. The summed E-state index contributed by atoms with van der Waals surface area (Å²) in [5.74, 6) is -2.45. The Morgan fingerprint density at radius 3 is 2.24 bits per heavy atom. The summed E-state index contributed by atoms with van der Waals surface area (Å²) < 4.78 is 0. The number of Topliss-reactive ketones (excluding diaryl/α,β-unsaturated/α-hetero) is 3. The third kappa shape index (κ3) is 3.82. The van der Waals surface area contributed by atoms with Crippen molar-refractivity contribution in [1.29, 1.82) is 0 Å². The van der Waals surface area contributed by atoms with Crippen LogP contribution in [-0.4, -0.2) is 50.8 Å². The van der Waals surface area contributed by atoms with Gasteiger partial charge >= 0.3 is 5.97 Å². The standard InChI is InChI=1S/C30H44O7/c1-15(10-17(31)11-16(2)26(36)37)18-12-23(35)30(7)25-19(32)13-21-27(3,4)22(34)8-9-28(21,5)24(25)20(33)14-29(18,30)6/h15-16,18-19,21-22,32,34H,8-14H2,1-7H3,(H,36,37)/t15-,16-,18?,19+,21+,22+,28+,29-,30+/m1/s1. The molecule has 0 saturated heterocycles. The van der Waals surface area contributed by atoms with Crippen LogP contribution in [0.2, 0.25) is 0 Å². The zero-order valence-corrected chi connectivity index (χ0v) is 23.4. The van der Waals surface area contributed by atoms with Crippen molar-refractivity contribution in [3.8, 4) is 0 Å². The topological polar surface area (TPSA) is 129 Å².